The molecule has 0 saturated carbocycles. The standard InChI is InChI=1S/C12H21N3O/c1-12(2,9-16)15(3)11(8-13)10-6-4-5-7-14-10/h4-7,11,16H,8-9,13H2,1-3H3. The Morgan fingerprint density at radius 2 is 2.19 bits per heavy atom. The number of aliphatic hydroxyl groups is 1. The summed E-state index contributed by atoms with van der Waals surface area (Å²) >= 11 is 0. The highest BCUT2D eigenvalue weighted by Crippen LogP contribution is 2.24. The molecule has 0 aliphatic rings. The maximum atomic E-state index is 9.35. The summed E-state index contributed by atoms with van der Waals surface area (Å²) in [5, 5.41) is 9.35. The number of nitrogens with zero attached hydrogens (tertiary/aromatic N) is 2. The second-order valence-electron chi connectivity index (χ2n) is 4.59. The molecule has 0 aliphatic heterocycles. The van der Waals surface area contributed by atoms with Crippen LogP contribution in [-0.2, 0) is 0 Å². The maximum Gasteiger partial charge on any atom is 0.0647 e. The average molecular weight is 223 g/mol. The van der Waals surface area contributed by atoms with Crippen LogP contribution in [0.5, 0.6) is 0 Å². The van der Waals surface area contributed by atoms with Crippen LogP contribution in [0.1, 0.15) is 25.6 Å². The number of nitrogens with two attached hydrogens (primary N) is 1. The van der Waals surface area contributed by atoms with E-state index in [9.17, 15) is 5.11 Å². The summed E-state index contributed by atoms with van der Waals surface area (Å²) in [7, 11) is 1.96. The molecule has 0 spiro atoms. The number of pyridine rings is 1. The summed E-state index contributed by atoms with van der Waals surface area (Å²) in [5.41, 5.74) is 6.43. The van der Waals surface area contributed by atoms with Gasteiger partial charge >= 0.3 is 0 Å². The van der Waals surface area contributed by atoms with Gasteiger partial charge < -0.3 is 10.8 Å². The molecule has 4 nitrogen and oxygen atoms in total. The molecule has 1 aromatic rings. The van der Waals surface area contributed by atoms with Gasteiger partial charge in [0.2, 0.25) is 0 Å². The van der Waals surface area contributed by atoms with E-state index in [1.54, 1.807) is 6.20 Å². The van der Waals surface area contributed by atoms with E-state index < -0.39 is 0 Å². The van der Waals surface area contributed by atoms with Gasteiger partial charge in [-0.25, -0.2) is 0 Å². The van der Waals surface area contributed by atoms with Gasteiger partial charge in [-0.3, -0.25) is 9.88 Å². The molecule has 0 aromatic carbocycles. The predicted octanol–water partition coefficient (Wildman–Crippen LogP) is 0.784. The zero-order valence-corrected chi connectivity index (χ0v) is 10.2. The van der Waals surface area contributed by atoms with Gasteiger partial charge in [-0.1, -0.05) is 6.07 Å². The van der Waals surface area contributed by atoms with E-state index in [-0.39, 0.29) is 18.2 Å². The highest BCUT2D eigenvalue weighted by molar-refractivity contribution is 5.10. The molecule has 0 saturated heterocycles. The lowest BCUT2D eigenvalue weighted by atomic mass is 10.0. The Hall–Kier alpha value is -0.970. The minimum atomic E-state index is -0.304. The zero-order valence-electron chi connectivity index (χ0n) is 10.2. The van der Waals surface area contributed by atoms with Crippen LogP contribution >= 0.6 is 0 Å². The van der Waals surface area contributed by atoms with Crippen molar-refractivity contribution in [2.24, 2.45) is 5.73 Å². The summed E-state index contributed by atoms with van der Waals surface area (Å²) in [4.78, 5) is 6.38. The van der Waals surface area contributed by atoms with E-state index in [2.05, 4.69) is 9.88 Å². The topological polar surface area (TPSA) is 62.4 Å². The summed E-state index contributed by atoms with van der Waals surface area (Å²) in [6.45, 7) is 4.54. The van der Waals surface area contributed by atoms with Gasteiger partial charge in [0, 0.05) is 18.3 Å². The highest BCUT2D eigenvalue weighted by atomic mass is 16.3. The first-order valence-corrected chi connectivity index (χ1v) is 5.47. The lowest BCUT2D eigenvalue weighted by Crippen LogP contribution is -2.48. The molecule has 0 fully saturated rings. The molecule has 3 N–H and O–H groups in total. The fraction of sp³-hybridized carbons (Fsp3) is 0.583. The Morgan fingerprint density at radius 1 is 1.50 bits per heavy atom. The molecule has 4 heteroatoms. The van der Waals surface area contributed by atoms with Gasteiger partial charge in [0.1, 0.15) is 0 Å². The molecule has 0 amide bonds. The Balaban J connectivity index is 2.91. The van der Waals surface area contributed by atoms with Crippen molar-refractivity contribution in [1.29, 1.82) is 0 Å². The Labute approximate surface area is 97.1 Å². The van der Waals surface area contributed by atoms with Crippen molar-refractivity contribution in [3.63, 3.8) is 0 Å². The van der Waals surface area contributed by atoms with Gasteiger partial charge in [0.15, 0.2) is 0 Å². The first kappa shape index (κ1) is 13.1. The number of aromatic nitrogens is 1. The van der Waals surface area contributed by atoms with Crippen molar-refractivity contribution in [2.45, 2.75) is 25.4 Å². The van der Waals surface area contributed by atoms with Crippen LogP contribution < -0.4 is 5.73 Å². The smallest absolute Gasteiger partial charge is 0.0647 e. The van der Waals surface area contributed by atoms with Crippen LogP contribution in [0.25, 0.3) is 0 Å². The molecule has 0 radical (unpaired) electrons. The van der Waals surface area contributed by atoms with Crippen LogP contribution in [0.2, 0.25) is 0 Å². The molecule has 1 aromatic heterocycles. The molecular weight excluding hydrogens is 202 g/mol. The first-order chi connectivity index (χ1) is 7.53. The van der Waals surface area contributed by atoms with Crippen molar-refractivity contribution >= 4 is 0 Å². The Bertz CT molecular complexity index is 313. The van der Waals surface area contributed by atoms with Crippen molar-refractivity contribution in [3.8, 4) is 0 Å². The van der Waals surface area contributed by atoms with Crippen molar-refractivity contribution in [1.82, 2.24) is 9.88 Å². The molecule has 1 heterocycles. The monoisotopic (exact) mass is 223 g/mol. The summed E-state index contributed by atoms with van der Waals surface area (Å²) < 4.78 is 0. The second kappa shape index (κ2) is 5.39. The third-order valence-corrected chi connectivity index (χ3v) is 3.06. The van der Waals surface area contributed by atoms with Gasteiger partial charge in [0.05, 0.1) is 18.3 Å². The number of likely N-dealkylation sites (N-methyl/N-ethyl adjacent to an activating group) is 1. The molecular formula is C12H21N3O. The third-order valence-electron chi connectivity index (χ3n) is 3.06. The largest absolute Gasteiger partial charge is 0.394 e. The van der Waals surface area contributed by atoms with Gasteiger partial charge in [-0.2, -0.15) is 0 Å². The number of rotatable bonds is 5. The highest BCUT2D eigenvalue weighted by Gasteiger charge is 2.29. The van der Waals surface area contributed by atoms with E-state index in [4.69, 9.17) is 5.73 Å². The van der Waals surface area contributed by atoms with Gasteiger partial charge in [0.25, 0.3) is 0 Å². The lowest BCUT2D eigenvalue weighted by molar-refractivity contribution is 0.0456. The normalized spacial score (nSPS) is 14.1. The van der Waals surface area contributed by atoms with E-state index in [1.807, 2.05) is 39.1 Å². The number of hydrogen-bond acceptors (Lipinski definition) is 4. The fourth-order valence-electron chi connectivity index (χ4n) is 1.58. The lowest BCUT2D eigenvalue weighted by Gasteiger charge is -2.39. The van der Waals surface area contributed by atoms with Crippen molar-refractivity contribution < 1.29 is 5.11 Å². The molecule has 90 valence electrons. The number of aliphatic hydroxyl groups excluding tert-OH is 1. The molecule has 0 aliphatic carbocycles. The summed E-state index contributed by atoms with van der Waals surface area (Å²) in [5.74, 6) is 0. The summed E-state index contributed by atoms with van der Waals surface area (Å²) in [6.07, 6.45) is 1.76. The molecule has 1 unspecified atom stereocenters. The molecule has 1 atom stereocenters. The third kappa shape index (κ3) is 2.78. The van der Waals surface area contributed by atoms with Crippen LogP contribution in [-0.4, -0.2) is 40.7 Å². The molecule has 0 bridgehead atoms. The Morgan fingerprint density at radius 3 is 2.62 bits per heavy atom. The quantitative estimate of drug-likeness (QED) is 0.774. The van der Waals surface area contributed by atoms with Crippen LogP contribution in [0, 0.1) is 0 Å². The van der Waals surface area contributed by atoms with E-state index >= 15 is 0 Å². The molecule has 1 rings (SSSR count). The second-order valence-corrected chi connectivity index (χ2v) is 4.59. The SMILES string of the molecule is CN(C(CN)c1ccccn1)C(C)(C)CO. The minimum absolute atomic E-state index is 0.0309. The fourth-order valence-corrected chi connectivity index (χ4v) is 1.58. The van der Waals surface area contributed by atoms with E-state index in [1.165, 1.54) is 0 Å². The van der Waals surface area contributed by atoms with Crippen molar-refractivity contribution in [3.05, 3.63) is 30.1 Å². The maximum absolute atomic E-state index is 9.35. The van der Waals surface area contributed by atoms with Crippen LogP contribution in [0.15, 0.2) is 24.4 Å². The predicted molar refractivity (Wildman–Crippen MR) is 65.0 cm³/mol. The summed E-state index contributed by atoms with van der Waals surface area (Å²) in [6, 6.07) is 5.82. The number of hydrogen-bond donors (Lipinski definition) is 2. The Kier molecular flexibility index (Phi) is 4.41. The minimum Gasteiger partial charge on any atom is -0.394 e. The van der Waals surface area contributed by atoms with Crippen molar-refractivity contribution in [2.75, 3.05) is 20.2 Å². The zero-order chi connectivity index (χ0) is 12.2. The first-order valence-electron chi connectivity index (χ1n) is 5.47. The van der Waals surface area contributed by atoms with Crippen LogP contribution in [0.3, 0.4) is 0 Å². The van der Waals surface area contributed by atoms with Gasteiger partial charge in [-0.05, 0) is 33.0 Å². The molecule has 16 heavy (non-hydrogen) atoms. The van der Waals surface area contributed by atoms with Crippen LogP contribution in [0.4, 0.5) is 0 Å². The van der Waals surface area contributed by atoms with Gasteiger partial charge in [-0.15, -0.1) is 0 Å². The van der Waals surface area contributed by atoms with E-state index in [0.717, 1.165) is 5.69 Å². The average Bonchev–Trinajstić information content (AvgIpc) is 2.31. The van der Waals surface area contributed by atoms with E-state index in [0.29, 0.717) is 6.54 Å².